The fourth-order valence-corrected chi connectivity index (χ4v) is 2.31. The largest absolute Gasteiger partial charge is 0.479 e. The lowest BCUT2D eigenvalue weighted by molar-refractivity contribution is -0.147. The van der Waals surface area contributed by atoms with Crippen LogP contribution in [0, 0.1) is 0 Å². The van der Waals surface area contributed by atoms with Gasteiger partial charge < -0.3 is 20.9 Å². The molecule has 0 aromatic heterocycles. The predicted octanol–water partition coefficient (Wildman–Crippen LogP) is 0.306. The van der Waals surface area contributed by atoms with Crippen LogP contribution in [0.3, 0.4) is 0 Å². The Morgan fingerprint density at radius 2 is 2.10 bits per heavy atom. The van der Waals surface area contributed by atoms with E-state index >= 15 is 0 Å². The maximum atomic E-state index is 12.1. The minimum Gasteiger partial charge on any atom is -0.479 e. The minimum atomic E-state index is -1.33. The topological polar surface area (TPSA) is 102 Å². The first-order valence-electron chi connectivity index (χ1n) is 6.96. The highest BCUT2D eigenvalue weighted by Gasteiger charge is 2.44. The van der Waals surface area contributed by atoms with Crippen LogP contribution < -0.4 is 11.1 Å². The molecule has 2 atom stereocenters. The van der Waals surface area contributed by atoms with Gasteiger partial charge in [0.25, 0.3) is 0 Å². The number of carbonyl (C=O) groups is 2. The molecule has 1 aromatic rings. The zero-order chi connectivity index (χ0) is 15.3. The molecular weight excluding hydrogens is 272 g/mol. The summed E-state index contributed by atoms with van der Waals surface area (Å²) in [5, 5.41) is 11.8. The molecule has 21 heavy (non-hydrogen) atoms. The van der Waals surface area contributed by atoms with Crippen LogP contribution in [0.25, 0.3) is 0 Å². The predicted molar refractivity (Wildman–Crippen MR) is 76.7 cm³/mol. The van der Waals surface area contributed by atoms with E-state index in [1.807, 2.05) is 30.3 Å². The number of carboxylic acid groups (broad SMARTS) is 1. The van der Waals surface area contributed by atoms with Crippen molar-refractivity contribution in [3.8, 4) is 0 Å². The number of benzene rings is 1. The van der Waals surface area contributed by atoms with Crippen molar-refractivity contribution in [1.29, 1.82) is 0 Å². The van der Waals surface area contributed by atoms with Crippen LogP contribution in [0.4, 0.5) is 0 Å². The summed E-state index contributed by atoms with van der Waals surface area (Å²) >= 11 is 0. The summed E-state index contributed by atoms with van der Waals surface area (Å²) in [6.07, 6.45) is 1.40. The Bertz CT molecular complexity index is 498. The van der Waals surface area contributed by atoms with Gasteiger partial charge in [-0.3, -0.25) is 4.79 Å². The van der Waals surface area contributed by atoms with Gasteiger partial charge in [-0.25, -0.2) is 4.79 Å². The average molecular weight is 292 g/mol. The molecule has 0 saturated carbocycles. The van der Waals surface area contributed by atoms with Gasteiger partial charge in [0.2, 0.25) is 5.91 Å². The Kier molecular flexibility index (Phi) is 4.93. The third kappa shape index (κ3) is 3.80. The number of carbonyl (C=O) groups excluding carboxylic acids is 1. The number of nitrogens with one attached hydrogen (secondary N) is 1. The fourth-order valence-electron chi connectivity index (χ4n) is 2.31. The van der Waals surface area contributed by atoms with E-state index in [0.717, 1.165) is 5.56 Å². The van der Waals surface area contributed by atoms with Crippen LogP contribution in [-0.4, -0.2) is 41.8 Å². The molecule has 0 spiro atoms. The van der Waals surface area contributed by atoms with Gasteiger partial charge in [-0.15, -0.1) is 0 Å². The number of aliphatic carboxylic acids is 1. The number of rotatable bonds is 6. The van der Waals surface area contributed by atoms with Crippen LogP contribution >= 0.6 is 0 Å². The number of aryl methyl sites for hydroxylation is 1. The van der Waals surface area contributed by atoms with Crippen LogP contribution in [0.1, 0.15) is 18.4 Å². The Labute approximate surface area is 123 Å². The van der Waals surface area contributed by atoms with E-state index in [9.17, 15) is 14.7 Å². The first kappa shape index (κ1) is 15.5. The van der Waals surface area contributed by atoms with Gasteiger partial charge in [0.15, 0.2) is 5.54 Å². The minimum absolute atomic E-state index is 0.0144. The second-order valence-electron chi connectivity index (χ2n) is 5.31. The SMILES string of the molecule is N[C@@H](CCc1ccccc1)C(=O)NC1(C(=O)O)CCOC1. The molecule has 0 bridgehead atoms. The van der Waals surface area contributed by atoms with E-state index < -0.39 is 23.5 Å². The molecule has 1 aliphatic rings. The Hall–Kier alpha value is -1.92. The van der Waals surface area contributed by atoms with Gasteiger partial charge in [0.05, 0.1) is 12.6 Å². The quantitative estimate of drug-likeness (QED) is 0.700. The van der Waals surface area contributed by atoms with Crippen molar-refractivity contribution in [2.45, 2.75) is 30.8 Å². The Balaban J connectivity index is 1.89. The lowest BCUT2D eigenvalue weighted by Gasteiger charge is -2.25. The van der Waals surface area contributed by atoms with Crippen LogP contribution in [0.15, 0.2) is 30.3 Å². The standard InChI is InChI=1S/C15H20N2O4/c16-12(7-6-11-4-2-1-3-5-11)13(18)17-15(14(19)20)8-9-21-10-15/h1-5,12H,6-10,16H2,(H,17,18)(H,19,20)/t12-,15?/m0/s1. The number of carboxylic acids is 1. The normalized spacial score (nSPS) is 22.7. The molecular formula is C15H20N2O4. The van der Waals surface area contributed by atoms with Gasteiger partial charge in [-0.2, -0.15) is 0 Å². The number of nitrogens with two attached hydrogens (primary N) is 1. The zero-order valence-corrected chi connectivity index (χ0v) is 11.7. The van der Waals surface area contributed by atoms with E-state index in [-0.39, 0.29) is 13.0 Å². The van der Waals surface area contributed by atoms with Crippen LogP contribution in [0.2, 0.25) is 0 Å². The van der Waals surface area contributed by atoms with Gasteiger partial charge in [0.1, 0.15) is 0 Å². The molecule has 1 aliphatic heterocycles. The van der Waals surface area contributed by atoms with Crippen molar-refractivity contribution in [2.24, 2.45) is 5.73 Å². The molecule has 1 unspecified atom stereocenters. The van der Waals surface area contributed by atoms with Gasteiger partial charge in [-0.1, -0.05) is 30.3 Å². The third-order valence-corrected chi connectivity index (χ3v) is 3.72. The van der Waals surface area contributed by atoms with Crippen LogP contribution in [0.5, 0.6) is 0 Å². The Morgan fingerprint density at radius 3 is 2.67 bits per heavy atom. The fraction of sp³-hybridized carbons (Fsp3) is 0.467. The molecule has 2 rings (SSSR count). The summed E-state index contributed by atoms with van der Waals surface area (Å²) in [6.45, 7) is 0.311. The lowest BCUT2D eigenvalue weighted by atomic mass is 9.97. The van der Waals surface area contributed by atoms with E-state index in [4.69, 9.17) is 10.5 Å². The Morgan fingerprint density at radius 1 is 1.38 bits per heavy atom. The summed E-state index contributed by atoms with van der Waals surface area (Å²) < 4.78 is 5.10. The summed E-state index contributed by atoms with van der Waals surface area (Å²) in [4.78, 5) is 23.4. The molecule has 6 nitrogen and oxygen atoms in total. The first-order chi connectivity index (χ1) is 10.0. The van der Waals surface area contributed by atoms with Gasteiger partial charge in [0, 0.05) is 13.0 Å². The van der Waals surface area contributed by atoms with E-state index in [1.165, 1.54) is 0 Å². The van der Waals surface area contributed by atoms with Gasteiger partial charge in [-0.05, 0) is 18.4 Å². The van der Waals surface area contributed by atoms with Crippen molar-refractivity contribution < 1.29 is 19.4 Å². The highest BCUT2D eigenvalue weighted by molar-refractivity contribution is 5.89. The molecule has 1 fully saturated rings. The van der Waals surface area contributed by atoms with Crippen molar-refractivity contribution in [3.63, 3.8) is 0 Å². The summed E-state index contributed by atoms with van der Waals surface area (Å²) in [6, 6.07) is 8.98. The number of amides is 1. The van der Waals surface area contributed by atoms with E-state index in [1.54, 1.807) is 0 Å². The summed E-state index contributed by atoms with van der Waals surface area (Å²) in [7, 11) is 0. The third-order valence-electron chi connectivity index (χ3n) is 3.72. The van der Waals surface area contributed by atoms with Crippen LogP contribution in [-0.2, 0) is 20.7 Å². The molecule has 1 saturated heterocycles. The smallest absolute Gasteiger partial charge is 0.331 e. The maximum Gasteiger partial charge on any atom is 0.331 e. The molecule has 114 valence electrons. The second-order valence-corrected chi connectivity index (χ2v) is 5.31. The van der Waals surface area contributed by atoms with E-state index in [0.29, 0.717) is 19.4 Å². The molecule has 0 aliphatic carbocycles. The lowest BCUT2D eigenvalue weighted by Crippen LogP contribution is -2.58. The van der Waals surface area contributed by atoms with Crippen molar-refractivity contribution in [1.82, 2.24) is 5.32 Å². The monoisotopic (exact) mass is 292 g/mol. The van der Waals surface area contributed by atoms with Crippen molar-refractivity contribution in [2.75, 3.05) is 13.2 Å². The number of hydrogen-bond acceptors (Lipinski definition) is 4. The zero-order valence-electron chi connectivity index (χ0n) is 11.7. The summed E-state index contributed by atoms with van der Waals surface area (Å²) in [5.74, 6) is -1.53. The number of ether oxygens (including phenoxy) is 1. The van der Waals surface area contributed by atoms with Gasteiger partial charge >= 0.3 is 5.97 Å². The molecule has 1 amide bonds. The maximum absolute atomic E-state index is 12.1. The molecule has 0 radical (unpaired) electrons. The van der Waals surface area contributed by atoms with Crippen molar-refractivity contribution in [3.05, 3.63) is 35.9 Å². The molecule has 6 heteroatoms. The highest BCUT2D eigenvalue weighted by Crippen LogP contribution is 2.19. The molecule has 4 N–H and O–H groups in total. The first-order valence-corrected chi connectivity index (χ1v) is 6.96. The van der Waals surface area contributed by atoms with E-state index in [2.05, 4.69) is 5.32 Å². The molecule has 1 heterocycles. The number of hydrogen-bond donors (Lipinski definition) is 3. The second kappa shape index (κ2) is 6.69. The molecule has 1 aromatic carbocycles. The highest BCUT2D eigenvalue weighted by atomic mass is 16.5. The average Bonchev–Trinajstić information content (AvgIpc) is 2.95. The van der Waals surface area contributed by atoms with Crippen molar-refractivity contribution >= 4 is 11.9 Å². The summed E-state index contributed by atoms with van der Waals surface area (Å²) in [5.41, 5.74) is 5.62.